The van der Waals surface area contributed by atoms with Crippen LogP contribution in [0.1, 0.15) is 18.1 Å². The molecule has 0 fully saturated rings. The van der Waals surface area contributed by atoms with Crippen LogP contribution in [0.4, 0.5) is 16.5 Å². The lowest BCUT2D eigenvalue weighted by atomic mass is 10.1. The number of nitrogens with one attached hydrogen (secondary N) is 2. The van der Waals surface area contributed by atoms with Gasteiger partial charge in [-0.25, -0.2) is 0 Å². The number of amides is 1. The molecule has 1 heterocycles. The van der Waals surface area contributed by atoms with Gasteiger partial charge in [-0.2, -0.15) is 0 Å². The van der Waals surface area contributed by atoms with E-state index in [4.69, 9.17) is 11.6 Å². The summed E-state index contributed by atoms with van der Waals surface area (Å²) in [6.07, 6.45) is 1.01. The normalized spacial score (nSPS) is 10.6. The summed E-state index contributed by atoms with van der Waals surface area (Å²) in [6, 6.07) is 13.7. The van der Waals surface area contributed by atoms with Crippen LogP contribution in [0.15, 0.2) is 46.8 Å². The van der Waals surface area contributed by atoms with Gasteiger partial charge in [0.2, 0.25) is 11.0 Å². The Morgan fingerprint density at radius 1 is 1.15 bits per heavy atom. The van der Waals surface area contributed by atoms with Crippen molar-refractivity contribution in [2.24, 2.45) is 0 Å². The maximum atomic E-state index is 12.1. The molecule has 8 heteroatoms. The van der Waals surface area contributed by atoms with E-state index in [1.165, 1.54) is 28.7 Å². The Kier molecular flexibility index (Phi) is 6.71. The molecule has 0 radical (unpaired) electrons. The average Bonchev–Trinajstić information content (AvgIpc) is 3.11. The molecule has 1 aromatic heterocycles. The molecule has 0 unspecified atom stereocenters. The molecule has 0 atom stereocenters. The summed E-state index contributed by atoms with van der Waals surface area (Å²) in [5.74, 6) is 0.144. The van der Waals surface area contributed by atoms with Gasteiger partial charge in [0.25, 0.3) is 0 Å². The van der Waals surface area contributed by atoms with Crippen molar-refractivity contribution in [3.05, 3.63) is 58.6 Å². The number of nitrogens with zero attached hydrogens (tertiary/aromatic N) is 2. The molecule has 3 aromatic rings. The lowest BCUT2D eigenvalue weighted by Gasteiger charge is -2.06. The molecule has 3 rings (SSSR count). The number of hydrogen-bond acceptors (Lipinski definition) is 6. The third-order valence-corrected chi connectivity index (χ3v) is 6.18. The van der Waals surface area contributed by atoms with Crippen molar-refractivity contribution < 1.29 is 4.79 Å². The van der Waals surface area contributed by atoms with Gasteiger partial charge in [-0.1, -0.05) is 59.8 Å². The van der Waals surface area contributed by atoms with Gasteiger partial charge in [0, 0.05) is 16.4 Å². The molecule has 140 valence electrons. The van der Waals surface area contributed by atoms with Crippen LogP contribution in [0.5, 0.6) is 0 Å². The third kappa shape index (κ3) is 5.69. The number of aromatic nitrogens is 2. The van der Waals surface area contributed by atoms with Crippen molar-refractivity contribution in [2.75, 3.05) is 16.4 Å². The predicted octanol–water partition coefficient (Wildman–Crippen LogP) is 5.54. The molecule has 5 nitrogen and oxygen atoms in total. The van der Waals surface area contributed by atoms with E-state index in [0.717, 1.165) is 22.0 Å². The zero-order chi connectivity index (χ0) is 19.2. The van der Waals surface area contributed by atoms with E-state index in [-0.39, 0.29) is 11.7 Å². The first kappa shape index (κ1) is 19.7. The van der Waals surface area contributed by atoms with Crippen molar-refractivity contribution in [2.45, 2.75) is 24.6 Å². The first-order chi connectivity index (χ1) is 13.0. The number of hydrogen-bond donors (Lipinski definition) is 2. The minimum Gasteiger partial charge on any atom is -0.330 e. The van der Waals surface area contributed by atoms with E-state index < -0.39 is 0 Å². The zero-order valence-corrected chi connectivity index (χ0v) is 17.3. The van der Waals surface area contributed by atoms with Gasteiger partial charge in [0.1, 0.15) is 0 Å². The van der Waals surface area contributed by atoms with E-state index in [1.807, 2.05) is 31.2 Å². The Bertz CT molecular complexity index is 928. The molecule has 0 bridgehead atoms. The number of anilines is 3. The number of aryl methyl sites for hydroxylation is 2. The van der Waals surface area contributed by atoms with Gasteiger partial charge in [-0.15, -0.1) is 10.2 Å². The third-order valence-electron chi connectivity index (χ3n) is 3.80. The van der Waals surface area contributed by atoms with Crippen LogP contribution in [0.3, 0.4) is 0 Å². The summed E-state index contributed by atoms with van der Waals surface area (Å²) >= 11 is 8.85. The van der Waals surface area contributed by atoms with Crippen molar-refractivity contribution in [3.8, 4) is 0 Å². The Morgan fingerprint density at radius 2 is 1.89 bits per heavy atom. The highest BCUT2D eigenvalue weighted by atomic mass is 35.5. The number of benzene rings is 2. The quantitative estimate of drug-likeness (QED) is 0.493. The fraction of sp³-hybridized carbons (Fsp3) is 0.211. The van der Waals surface area contributed by atoms with Gasteiger partial charge >= 0.3 is 0 Å². The smallest absolute Gasteiger partial charge is 0.234 e. The molecule has 2 N–H and O–H groups in total. The molecule has 0 saturated carbocycles. The van der Waals surface area contributed by atoms with Crippen LogP contribution in [0.2, 0.25) is 5.02 Å². The highest BCUT2D eigenvalue weighted by Gasteiger charge is 2.09. The van der Waals surface area contributed by atoms with E-state index in [0.29, 0.717) is 15.8 Å². The number of carbonyl (C=O) groups is 1. The molecule has 0 spiro atoms. The summed E-state index contributed by atoms with van der Waals surface area (Å²) in [4.78, 5) is 12.1. The molecule has 1 amide bonds. The van der Waals surface area contributed by atoms with Gasteiger partial charge in [0.05, 0.1) is 5.75 Å². The largest absolute Gasteiger partial charge is 0.330 e. The van der Waals surface area contributed by atoms with Gasteiger partial charge in [-0.3, -0.25) is 4.79 Å². The standard InChI is InChI=1S/C19H19ClN4OS2/c1-3-13-5-8-14(9-6-13)22-18-23-24-19(27-18)26-11-17(25)21-15-7-4-12(2)16(20)10-15/h4-10H,3,11H2,1-2H3,(H,21,25)(H,22,23). The fourth-order valence-electron chi connectivity index (χ4n) is 2.26. The van der Waals surface area contributed by atoms with Crippen molar-refractivity contribution in [3.63, 3.8) is 0 Å². The molecular weight excluding hydrogens is 400 g/mol. The van der Waals surface area contributed by atoms with E-state index in [2.05, 4.69) is 39.9 Å². The first-order valence-electron chi connectivity index (χ1n) is 8.41. The Morgan fingerprint density at radius 3 is 2.59 bits per heavy atom. The zero-order valence-electron chi connectivity index (χ0n) is 15.0. The maximum absolute atomic E-state index is 12.1. The van der Waals surface area contributed by atoms with Crippen LogP contribution in [0, 0.1) is 6.92 Å². The Balaban J connectivity index is 1.51. The fourth-order valence-corrected chi connectivity index (χ4v) is 4.01. The van der Waals surface area contributed by atoms with Crippen molar-refractivity contribution in [1.82, 2.24) is 10.2 Å². The van der Waals surface area contributed by atoms with Gasteiger partial charge < -0.3 is 10.6 Å². The number of carbonyl (C=O) groups excluding carboxylic acids is 1. The second-order valence-electron chi connectivity index (χ2n) is 5.85. The van der Waals surface area contributed by atoms with Crippen LogP contribution in [0.25, 0.3) is 0 Å². The predicted molar refractivity (Wildman–Crippen MR) is 115 cm³/mol. The van der Waals surface area contributed by atoms with Crippen LogP contribution in [-0.4, -0.2) is 21.9 Å². The lowest BCUT2D eigenvalue weighted by Crippen LogP contribution is -2.13. The molecular formula is C19H19ClN4OS2. The molecule has 2 aromatic carbocycles. The van der Waals surface area contributed by atoms with Crippen LogP contribution in [-0.2, 0) is 11.2 Å². The summed E-state index contributed by atoms with van der Waals surface area (Å²) in [7, 11) is 0. The van der Waals surface area contributed by atoms with E-state index in [1.54, 1.807) is 6.07 Å². The molecule has 27 heavy (non-hydrogen) atoms. The number of halogens is 1. The van der Waals surface area contributed by atoms with Crippen LogP contribution >= 0.6 is 34.7 Å². The second-order valence-corrected chi connectivity index (χ2v) is 8.46. The number of thioether (sulfide) groups is 1. The molecule has 0 aliphatic rings. The average molecular weight is 419 g/mol. The minimum atomic E-state index is -0.111. The summed E-state index contributed by atoms with van der Waals surface area (Å²) in [6.45, 7) is 4.04. The van der Waals surface area contributed by atoms with Crippen LogP contribution < -0.4 is 10.6 Å². The SMILES string of the molecule is CCc1ccc(Nc2nnc(SCC(=O)Nc3ccc(C)c(Cl)c3)s2)cc1. The highest BCUT2D eigenvalue weighted by molar-refractivity contribution is 8.01. The molecule has 0 aliphatic carbocycles. The summed E-state index contributed by atoms with van der Waals surface area (Å²) in [5, 5.41) is 15.6. The molecule has 0 aliphatic heterocycles. The monoisotopic (exact) mass is 418 g/mol. The van der Waals surface area contributed by atoms with Crippen molar-refractivity contribution >= 4 is 57.1 Å². The maximum Gasteiger partial charge on any atom is 0.234 e. The lowest BCUT2D eigenvalue weighted by molar-refractivity contribution is -0.113. The number of rotatable bonds is 7. The highest BCUT2D eigenvalue weighted by Crippen LogP contribution is 2.28. The summed E-state index contributed by atoms with van der Waals surface area (Å²) in [5.41, 5.74) is 3.91. The van der Waals surface area contributed by atoms with E-state index >= 15 is 0 Å². The topological polar surface area (TPSA) is 66.9 Å². The first-order valence-corrected chi connectivity index (χ1v) is 10.6. The summed E-state index contributed by atoms with van der Waals surface area (Å²) < 4.78 is 0.736. The Hall–Kier alpha value is -2.09. The van der Waals surface area contributed by atoms with E-state index in [9.17, 15) is 4.79 Å². The Labute approximate surface area is 171 Å². The second kappa shape index (κ2) is 9.21. The molecule has 0 saturated heterocycles. The van der Waals surface area contributed by atoms with Gasteiger partial charge in [-0.05, 0) is 48.7 Å². The van der Waals surface area contributed by atoms with Crippen molar-refractivity contribution in [1.29, 1.82) is 0 Å². The minimum absolute atomic E-state index is 0.111. The van der Waals surface area contributed by atoms with Gasteiger partial charge in [0.15, 0.2) is 4.34 Å².